The molecule has 3 aromatic carbocycles. The zero-order chi connectivity index (χ0) is 20.1. The van der Waals surface area contributed by atoms with Crippen molar-refractivity contribution in [3.05, 3.63) is 60.7 Å². The van der Waals surface area contributed by atoms with E-state index in [1.54, 1.807) is 0 Å². The zero-order valence-corrected chi connectivity index (χ0v) is 17.9. The second-order valence-electron chi connectivity index (χ2n) is 7.22. The molecule has 5 heteroatoms. The van der Waals surface area contributed by atoms with Crippen LogP contribution in [0.1, 0.15) is 6.42 Å². The number of nitrogens with zero attached hydrogens (tertiary/aromatic N) is 2. The van der Waals surface area contributed by atoms with Gasteiger partial charge in [-0.3, -0.25) is 0 Å². The standard InChI is InChI=1S/C24H25Cl2N3/c25-10-14-29(15-11-26)13-5-12-27-24-20-8-3-4-9-22(20)28-23-17-19-7-2-1-6-18(19)16-21(23)24/h1-4,6-9,16-17H,5,10-15H2,(H,27,28). The van der Waals surface area contributed by atoms with Crippen LogP contribution >= 0.6 is 23.2 Å². The number of rotatable bonds is 9. The molecule has 4 aromatic rings. The molecule has 29 heavy (non-hydrogen) atoms. The Morgan fingerprint density at radius 3 is 2.21 bits per heavy atom. The molecule has 0 aliphatic rings. The van der Waals surface area contributed by atoms with Crippen LogP contribution in [0.25, 0.3) is 32.6 Å². The molecule has 0 bridgehead atoms. The second-order valence-corrected chi connectivity index (χ2v) is 7.98. The second kappa shape index (κ2) is 9.62. The van der Waals surface area contributed by atoms with Gasteiger partial charge in [0.15, 0.2) is 0 Å². The maximum Gasteiger partial charge on any atom is 0.0736 e. The summed E-state index contributed by atoms with van der Waals surface area (Å²) in [4.78, 5) is 7.23. The number of benzene rings is 3. The number of anilines is 1. The monoisotopic (exact) mass is 425 g/mol. The fraction of sp³-hybridized carbons (Fsp3) is 0.292. The summed E-state index contributed by atoms with van der Waals surface area (Å²) in [6.07, 6.45) is 1.03. The van der Waals surface area contributed by atoms with Gasteiger partial charge in [-0.1, -0.05) is 42.5 Å². The van der Waals surface area contributed by atoms with E-state index in [1.165, 1.54) is 16.2 Å². The van der Waals surface area contributed by atoms with Gasteiger partial charge in [0, 0.05) is 42.2 Å². The summed E-state index contributed by atoms with van der Waals surface area (Å²) in [6, 6.07) is 21.2. The third-order valence-electron chi connectivity index (χ3n) is 5.30. The lowest BCUT2D eigenvalue weighted by molar-refractivity contribution is 0.306. The molecule has 0 atom stereocenters. The molecule has 0 spiro atoms. The Balaban J connectivity index is 1.64. The molecule has 0 fully saturated rings. The Hall–Kier alpha value is -2.07. The van der Waals surface area contributed by atoms with Gasteiger partial charge in [0.1, 0.15) is 0 Å². The quantitative estimate of drug-likeness (QED) is 0.198. The normalized spacial score (nSPS) is 11.7. The summed E-state index contributed by atoms with van der Waals surface area (Å²) in [7, 11) is 0. The van der Waals surface area contributed by atoms with Gasteiger partial charge in [0.2, 0.25) is 0 Å². The summed E-state index contributed by atoms with van der Waals surface area (Å²) in [5, 5.41) is 8.48. The van der Waals surface area contributed by atoms with Crippen LogP contribution in [0.15, 0.2) is 60.7 Å². The molecule has 4 rings (SSSR count). The van der Waals surface area contributed by atoms with Crippen molar-refractivity contribution >= 4 is 61.5 Å². The van der Waals surface area contributed by atoms with Crippen LogP contribution in [0.2, 0.25) is 0 Å². The first kappa shape index (κ1) is 20.2. The predicted octanol–water partition coefficient (Wildman–Crippen LogP) is 6.12. The lowest BCUT2D eigenvalue weighted by atomic mass is 10.0. The van der Waals surface area contributed by atoms with Gasteiger partial charge in [-0.05, 0) is 41.9 Å². The van der Waals surface area contributed by atoms with Gasteiger partial charge in [-0.15, -0.1) is 23.2 Å². The Morgan fingerprint density at radius 2 is 1.45 bits per heavy atom. The molecule has 1 aromatic heterocycles. The van der Waals surface area contributed by atoms with Crippen LogP contribution in [-0.4, -0.2) is 47.8 Å². The van der Waals surface area contributed by atoms with Crippen LogP contribution < -0.4 is 5.32 Å². The predicted molar refractivity (Wildman–Crippen MR) is 128 cm³/mol. The van der Waals surface area contributed by atoms with Gasteiger partial charge < -0.3 is 10.2 Å². The minimum absolute atomic E-state index is 0.636. The molecule has 0 aliphatic carbocycles. The lowest BCUT2D eigenvalue weighted by Gasteiger charge is -2.20. The van der Waals surface area contributed by atoms with Crippen LogP contribution in [0.5, 0.6) is 0 Å². The highest BCUT2D eigenvalue weighted by molar-refractivity contribution is 6.18. The molecule has 0 amide bonds. The van der Waals surface area contributed by atoms with Crippen molar-refractivity contribution in [2.45, 2.75) is 6.42 Å². The first-order chi connectivity index (χ1) is 14.3. The number of hydrogen-bond donors (Lipinski definition) is 1. The van der Waals surface area contributed by atoms with Crippen LogP contribution in [0, 0.1) is 0 Å². The number of alkyl halides is 2. The number of nitrogens with one attached hydrogen (secondary N) is 1. The summed E-state index contributed by atoms with van der Waals surface area (Å²) in [5.41, 5.74) is 3.21. The molecular weight excluding hydrogens is 401 g/mol. The number of pyridine rings is 1. The maximum absolute atomic E-state index is 5.91. The van der Waals surface area contributed by atoms with E-state index in [0.717, 1.165) is 54.7 Å². The van der Waals surface area contributed by atoms with Crippen molar-refractivity contribution in [2.75, 3.05) is 43.3 Å². The fourth-order valence-electron chi connectivity index (χ4n) is 3.86. The van der Waals surface area contributed by atoms with Crippen molar-refractivity contribution < 1.29 is 0 Å². The number of hydrogen-bond acceptors (Lipinski definition) is 3. The van der Waals surface area contributed by atoms with E-state index in [4.69, 9.17) is 28.2 Å². The SMILES string of the molecule is ClCCN(CCCl)CCCNc1c2ccccc2nc2cc3ccccc3cc12. The molecule has 1 N–H and O–H groups in total. The third kappa shape index (κ3) is 4.58. The first-order valence-electron chi connectivity index (χ1n) is 10.1. The van der Waals surface area contributed by atoms with E-state index in [1.807, 2.05) is 6.07 Å². The van der Waals surface area contributed by atoms with E-state index in [0.29, 0.717) is 11.8 Å². The summed E-state index contributed by atoms with van der Waals surface area (Å²) in [5.74, 6) is 1.27. The summed E-state index contributed by atoms with van der Waals surface area (Å²) < 4.78 is 0. The van der Waals surface area contributed by atoms with Crippen molar-refractivity contribution in [1.29, 1.82) is 0 Å². The van der Waals surface area contributed by atoms with Crippen molar-refractivity contribution in [3.63, 3.8) is 0 Å². The van der Waals surface area contributed by atoms with E-state index in [2.05, 4.69) is 64.8 Å². The average Bonchev–Trinajstić information content (AvgIpc) is 2.75. The van der Waals surface area contributed by atoms with Gasteiger partial charge in [-0.25, -0.2) is 4.98 Å². The molecule has 0 saturated heterocycles. The largest absolute Gasteiger partial charge is 0.384 e. The Bertz CT molecular complexity index is 1100. The van der Waals surface area contributed by atoms with Crippen LogP contribution in [0.3, 0.4) is 0 Å². The summed E-state index contributed by atoms with van der Waals surface area (Å²) >= 11 is 11.8. The molecule has 1 heterocycles. The van der Waals surface area contributed by atoms with E-state index in [9.17, 15) is 0 Å². The minimum atomic E-state index is 0.636. The van der Waals surface area contributed by atoms with E-state index >= 15 is 0 Å². The average molecular weight is 426 g/mol. The van der Waals surface area contributed by atoms with E-state index < -0.39 is 0 Å². The van der Waals surface area contributed by atoms with Gasteiger partial charge in [0.25, 0.3) is 0 Å². The number of fused-ring (bicyclic) bond motifs is 3. The number of aromatic nitrogens is 1. The Morgan fingerprint density at radius 1 is 0.759 bits per heavy atom. The first-order valence-corrected chi connectivity index (χ1v) is 11.2. The highest BCUT2D eigenvalue weighted by Crippen LogP contribution is 2.33. The van der Waals surface area contributed by atoms with Crippen molar-refractivity contribution in [1.82, 2.24) is 9.88 Å². The molecule has 3 nitrogen and oxygen atoms in total. The highest BCUT2D eigenvalue weighted by Gasteiger charge is 2.10. The maximum atomic E-state index is 5.91. The Labute approximate surface area is 181 Å². The van der Waals surface area contributed by atoms with Crippen LogP contribution in [-0.2, 0) is 0 Å². The molecular formula is C24H25Cl2N3. The van der Waals surface area contributed by atoms with E-state index in [-0.39, 0.29) is 0 Å². The van der Waals surface area contributed by atoms with Gasteiger partial charge in [-0.2, -0.15) is 0 Å². The Kier molecular flexibility index (Phi) is 6.70. The van der Waals surface area contributed by atoms with Crippen molar-refractivity contribution in [3.8, 4) is 0 Å². The van der Waals surface area contributed by atoms with Crippen LogP contribution in [0.4, 0.5) is 5.69 Å². The minimum Gasteiger partial charge on any atom is -0.384 e. The van der Waals surface area contributed by atoms with Crippen molar-refractivity contribution in [2.24, 2.45) is 0 Å². The molecule has 150 valence electrons. The smallest absolute Gasteiger partial charge is 0.0736 e. The fourth-order valence-corrected chi connectivity index (χ4v) is 4.34. The van der Waals surface area contributed by atoms with Gasteiger partial charge in [0.05, 0.1) is 16.7 Å². The topological polar surface area (TPSA) is 28.2 Å². The molecule has 0 unspecified atom stereocenters. The molecule has 0 aliphatic heterocycles. The third-order valence-corrected chi connectivity index (χ3v) is 5.64. The highest BCUT2D eigenvalue weighted by atomic mass is 35.5. The summed E-state index contributed by atoms with van der Waals surface area (Å²) in [6.45, 7) is 3.62. The molecule has 0 radical (unpaired) electrons. The lowest BCUT2D eigenvalue weighted by Crippen LogP contribution is -2.30. The van der Waals surface area contributed by atoms with Gasteiger partial charge >= 0.3 is 0 Å². The molecule has 0 saturated carbocycles. The zero-order valence-electron chi connectivity index (χ0n) is 16.4. The number of halogens is 2. The number of para-hydroxylation sites is 1.